The molecule has 0 saturated heterocycles. The van der Waals surface area contributed by atoms with E-state index in [9.17, 15) is 4.79 Å². The van der Waals surface area contributed by atoms with E-state index in [0.29, 0.717) is 0 Å². The Morgan fingerprint density at radius 1 is 1.58 bits per heavy atom. The summed E-state index contributed by atoms with van der Waals surface area (Å²) >= 11 is 0. The minimum Gasteiger partial charge on any atom is -0.481 e. The second-order valence-corrected chi connectivity index (χ2v) is 2.99. The molecule has 0 aliphatic rings. The maximum Gasteiger partial charge on any atom is 0.303 e. The van der Waals surface area contributed by atoms with Crippen molar-refractivity contribution in [2.45, 2.75) is 32.2 Å². The molecule has 0 heterocycles. The molecule has 0 aliphatic heterocycles. The van der Waals surface area contributed by atoms with E-state index < -0.39 is 5.97 Å². The van der Waals surface area contributed by atoms with Crippen molar-refractivity contribution in [3.05, 3.63) is 0 Å². The predicted octanol–water partition coefficient (Wildman–Crippen LogP) is 0.197. The molecule has 0 fully saturated rings. The van der Waals surface area contributed by atoms with E-state index in [2.05, 4.69) is 0 Å². The normalized spacial score (nSPS) is 15.6. The van der Waals surface area contributed by atoms with Crippen molar-refractivity contribution in [3.63, 3.8) is 0 Å². The maximum atomic E-state index is 10.3. The Morgan fingerprint density at radius 3 is 2.50 bits per heavy atom. The average molecular weight is 175 g/mol. The fourth-order valence-corrected chi connectivity index (χ4v) is 1.14. The molecule has 0 spiro atoms. The van der Waals surface area contributed by atoms with Gasteiger partial charge in [-0.3, -0.25) is 4.79 Å². The molecule has 0 aromatic rings. The Bertz CT molecular complexity index is 138. The van der Waals surface area contributed by atoms with Gasteiger partial charge in [0.1, 0.15) is 0 Å². The van der Waals surface area contributed by atoms with Crippen LogP contribution < -0.4 is 5.73 Å². The highest BCUT2D eigenvalue weighted by molar-refractivity contribution is 5.67. The molecular weight excluding hydrogens is 158 g/mol. The van der Waals surface area contributed by atoms with Gasteiger partial charge in [0.25, 0.3) is 0 Å². The molecule has 2 atom stereocenters. The molecule has 0 saturated carbocycles. The summed E-state index contributed by atoms with van der Waals surface area (Å²) in [5.41, 5.74) is 5.66. The van der Waals surface area contributed by atoms with Gasteiger partial charge in [-0.25, -0.2) is 0 Å². The quantitative estimate of drug-likeness (QED) is 0.538. The van der Waals surface area contributed by atoms with Crippen molar-refractivity contribution in [2.75, 3.05) is 6.61 Å². The summed E-state index contributed by atoms with van der Waals surface area (Å²) in [6, 6.07) is -0.198. The third kappa shape index (κ3) is 4.31. The Kier molecular flexibility index (Phi) is 5.66. The highest BCUT2D eigenvalue weighted by Crippen LogP contribution is 2.10. The summed E-state index contributed by atoms with van der Waals surface area (Å²) in [4.78, 5) is 10.3. The van der Waals surface area contributed by atoms with Crippen LogP contribution in [-0.4, -0.2) is 28.8 Å². The number of rotatable bonds is 6. The third-order valence-corrected chi connectivity index (χ3v) is 1.90. The molecule has 0 radical (unpaired) electrons. The fraction of sp³-hybridized carbons (Fsp3) is 0.875. The summed E-state index contributed by atoms with van der Waals surface area (Å²) in [7, 11) is 0. The minimum atomic E-state index is -0.902. The highest BCUT2D eigenvalue weighted by Gasteiger charge is 2.18. The Balaban J connectivity index is 3.86. The summed E-state index contributed by atoms with van der Waals surface area (Å²) < 4.78 is 0. The number of carboxylic acid groups (broad SMARTS) is 1. The Labute approximate surface area is 72.4 Å². The molecule has 4 N–H and O–H groups in total. The summed E-state index contributed by atoms with van der Waals surface area (Å²) in [6.45, 7) is 1.84. The number of carboxylic acids is 1. The highest BCUT2D eigenvalue weighted by atomic mass is 16.4. The molecule has 0 aliphatic carbocycles. The maximum absolute atomic E-state index is 10.3. The SMILES string of the molecule is CCCC(N)C(CO)CC(=O)O. The smallest absolute Gasteiger partial charge is 0.303 e. The molecule has 4 heteroatoms. The van der Waals surface area contributed by atoms with Crippen LogP contribution >= 0.6 is 0 Å². The van der Waals surface area contributed by atoms with Gasteiger partial charge in [-0.2, -0.15) is 0 Å². The van der Waals surface area contributed by atoms with Crippen LogP contribution in [0.2, 0.25) is 0 Å². The van der Waals surface area contributed by atoms with Gasteiger partial charge in [0.2, 0.25) is 0 Å². The zero-order chi connectivity index (χ0) is 9.56. The van der Waals surface area contributed by atoms with Crippen LogP contribution in [0.1, 0.15) is 26.2 Å². The second-order valence-electron chi connectivity index (χ2n) is 2.99. The lowest BCUT2D eigenvalue weighted by atomic mass is 9.94. The summed E-state index contributed by atoms with van der Waals surface area (Å²) in [5.74, 6) is -1.21. The predicted molar refractivity (Wildman–Crippen MR) is 45.7 cm³/mol. The van der Waals surface area contributed by atoms with Gasteiger partial charge in [-0.05, 0) is 6.42 Å². The summed E-state index contributed by atoms with van der Waals surface area (Å²) in [6.07, 6.45) is 1.63. The van der Waals surface area contributed by atoms with Gasteiger partial charge in [-0.15, -0.1) is 0 Å². The van der Waals surface area contributed by atoms with Crippen LogP contribution in [0.5, 0.6) is 0 Å². The van der Waals surface area contributed by atoms with Crippen LogP contribution in [0.3, 0.4) is 0 Å². The minimum absolute atomic E-state index is 0.0440. The van der Waals surface area contributed by atoms with Crippen molar-refractivity contribution in [3.8, 4) is 0 Å². The molecule has 0 bridgehead atoms. The van der Waals surface area contributed by atoms with Crippen molar-refractivity contribution in [1.29, 1.82) is 0 Å². The Morgan fingerprint density at radius 2 is 2.17 bits per heavy atom. The van der Waals surface area contributed by atoms with E-state index in [4.69, 9.17) is 15.9 Å². The molecule has 0 aromatic heterocycles. The van der Waals surface area contributed by atoms with Crippen LogP contribution in [0, 0.1) is 5.92 Å². The lowest BCUT2D eigenvalue weighted by molar-refractivity contribution is -0.138. The first-order chi connectivity index (χ1) is 5.61. The van der Waals surface area contributed by atoms with Crippen LogP contribution in [0.25, 0.3) is 0 Å². The first-order valence-corrected chi connectivity index (χ1v) is 4.20. The molecule has 72 valence electrons. The lowest BCUT2D eigenvalue weighted by Gasteiger charge is -2.19. The standard InChI is InChI=1S/C8H17NO3/c1-2-3-7(9)6(5-10)4-8(11)12/h6-7,10H,2-5,9H2,1H3,(H,11,12). The Hall–Kier alpha value is -0.610. The molecule has 0 aromatic carbocycles. The summed E-state index contributed by atoms with van der Waals surface area (Å²) in [5, 5.41) is 17.3. The van der Waals surface area contributed by atoms with Crippen LogP contribution in [0.15, 0.2) is 0 Å². The van der Waals surface area contributed by atoms with Crippen molar-refractivity contribution < 1.29 is 15.0 Å². The van der Waals surface area contributed by atoms with Crippen molar-refractivity contribution in [2.24, 2.45) is 11.7 Å². The van der Waals surface area contributed by atoms with Gasteiger partial charge < -0.3 is 15.9 Å². The van der Waals surface area contributed by atoms with Gasteiger partial charge in [0.05, 0.1) is 6.42 Å². The molecule has 2 unspecified atom stereocenters. The number of aliphatic carboxylic acids is 1. The number of aliphatic hydroxyl groups is 1. The zero-order valence-corrected chi connectivity index (χ0v) is 7.36. The van der Waals surface area contributed by atoms with Crippen molar-refractivity contribution in [1.82, 2.24) is 0 Å². The van der Waals surface area contributed by atoms with E-state index in [-0.39, 0.29) is 25.0 Å². The molecular formula is C8H17NO3. The van der Waals surface area contributed by atoms with Gasteiger partial charge in [0, 0.05) is 18.6 Å². The topological polar surface area (TPSA) is 83.5 Å². The van der Waals surface area contributed by atoms with E-state index in [1.54, 1.807) is 0 Å². The second kappa shape index (κ2) is 5.97. The number of hydrogen-bond acceptors (Lipinski definition) is 3. The average Bonchev–Trinajstić information content (AvgIpc) is 2.00. The first-order valence-electron chi connectivity index (χ1n) is 4.20. The van der Waals surface area contributed by atoms with E-state index in [0.717, 1.165) is 12.8 Å². The fourth-order valence-electron chi connectivity index (χ4n) is 1.14. The molecule has 12 heavy (non-hydrogen) atoms. The van der Waals surface area contributed by atoms with Gasteiger partial charge in [-0.1, -0.05) is 13.3 Å². The first kappa shape index (κ1) is 11.4. The number of aliphatic hydroxyl groups excluding tert-OH is 1. The largest absolute Gasteiger partial charge is 0.481 e. The van der Waals surface area contributed by atoms with Crippen molar-refractivity contribution >= 4 is 5.97 Å². The zero-order valence-electron chi connectivity index (χ0n) is 7.36. The molecule has 0 amide bonds. The molecule has 4 nitrogen and oxygen atoms in total. The number of carbonyl (C=O) groups is 1. The monoisotopic (exact) mass is 175 g/mol. The van der Waals surface area contributed by atoms with Crippen LogP contribution in [0.4, 0.5) is 0 Å². The van der Waals surface area contributed by atoms with Crippen LogP contribution in [-0.2, 0) is 4.79 Å². The number of hydrogen-bond donors (Lipinski definition) is 3. The van der Waals surface area contributed by atoms with E-state index in [1.165, 1.54) is 0 Å². The number of nitrogens with two attached hydrogens (primary N) is 1. The molecule has 0 rings (SSSR count). The lowest BCUT2D eigenvalue weighted by Crippen LogP contribution is -2.33. The van der Waals surface area contributed by atoms with E-state index in [1.807, 2.05) is 6.92 Å². The third-order valence-electron chi connectivity index (χ3n) is 1.90. The van der Waals surface area contributed by atoms with Gasteiger partial charge in [0.15, 0.2) is 0 Å². The van der Waals surface area contributed by atoms with E-state index >= 15 is 0 Å². The van der Waals surface area contributed by atoms with Gasteiger partial charge >= 0.3 is 5.97 Å².